The van der Waals surface area contributed by atoms with Crippen molar-refractivity contribution in [3.63, 3.8) is 0 Å². The van der Waals surface area contributed by atoms with Gasteiger partial charge in [0.2, 0.25) is 0 Å². The van der Waals surface area contributed by atoms with Crippen molar-refractivity contribution < 1.29 is 0 Å². The zero-order chi connectivity index (χ0) is 17.9. The molecule has 0 saturated heterocycles. The fraction of sp³-hybridized carbons (Fsp3) is 0.100. The van der Waals surface area contributed by atoms with Crippen LogP contribution < -0.4 is 0 Å². The molecular formula is C20H16ClN3S2. The highest BCUT2D eigenvalue weighted by Gasteiger charge is 2.16. The molecule has 0 aliphatic rings. The molecule has 4 aromatic rings. The molecule has 0 fully saturated rings. The van der Waals surface area contributed by atoms with Crippen LogP contribution in [-0.2, 0) is 5.75 Å². The van der Waals surface area contributed by atoms with Gasteiger partial charge in [-0.05, 0) is 54.8 Å². The quantitative estimate of drug-likeness (QED) is 0.373. The van der Waals surface area contributed by atoms with Crippen LogP contribution >= 0.6 is 34.7 Å². The smallest absolute Gasteiger partial charge is 0.196 e. The van der Waals surface area contributed by atoms with E-state index in [1.807, 2.05) is 24.3 Å². The molecule has 2 heterocycles. The van der Waals surface area contributed by atoms with E-state index >= 15 is 0 Å². The normalized spacial score (nSPS) is 11.0. The molecule has 0 amide bonds. The van der Waals surface area contributed by atoms with Gasteiger partial charge in [-0.3, -0.25) is 4.57 Å². The first-order valence-electron chi connectivity index (χ1n) is 8.14. The zero-order valence-corrected chi connectivity index (χ0v) is 16.5. The third-order valence-electron chi connectivity index (χ3n) is 3.95. The van der Waals surface area contributed by atoms with Crippen molar-refractivity contribution >= 4 is 34.7 Å². The number of aromatic nitrogens is 3. The zero-order valence-electron chi connectivity index (χ0n) is 14.1. The largest absolute Gasteiger partial charge is 0.270 e. The first kappa shape index (κ1) is 17.3. The minimum atomic E-state index is 0.711. The van der Waals surface area contributed by atoms with E-state index in [9.17, 15) is 0 Å². The fourth-order valence-electron chi connectivity index (χ4n) is 2.61. The van der Waals surface area contributed by atoms with Gasteiger partial charge in [0.05, 0.1) is 0 Å². The molecule has 0 radical (unpaired) electrons. The molecule has 130 valence electrons. The lowest BCUT2D eigenvalue weighted by molar-refractivity contribution is 0.886. The van der Waals surface area contributed by atoms with Crippen molar-refractivity contribution in [2.24, 2.45) is 0 Å². The number of thioether (sulfide) groups is 1. The van der Waals surface area contributed by atoms with Gasteiger partial charge in [0.1, 0.15) is 0 Å². The standard InChI is InChI=1S/C20H16ClN3S2/c1-14-4-10-17(11-5-14)24-19(15-6-8-16(21)9-7-15)22-23-20(24)26-13-18-3-2-12-25-18/h2-12H,13H2,1H3. The number of hydrogen-bond donors (Lipinski definition) is 0. The van der Waals surface area contributed by atoms with Gasteiger partial charge in [-0.2, -0.15) is 0 Å². The number of rotatable bonds is 5. The molecule has 4 rings (SSSR count). The summed E-state index contributed by atoms with van der Waals surface area (Å²) >= 11 is 9.49. The van der Waals surface area contributed by atoms with Crippen LogP contribution in [0, 0.1) is 6.92 Å². The summed E-state index contributed by atoms with van der Waals surface area (Å²) in [4.78, 5) is 1.32. The van der Waals surface area contributed by atoms with Crippen LogP contribution in [0.2, 0.25) is 5.02 Å². The molecule has 3 nitrogen and oxygen atoms in total. The Morgan fingerprint density at radius 2 is 1.77 bits per heavy atom. The van der Waals surface area contributed by atoms with E-state index in [-0.39, 0.29) is 0 Å². The molecular weight excluding hydrogens is 382 g/mol. The minimum Gasteiger partial charge on any atom is -0.270 e. The Kier molecular flexibility index (Phi) is 5.11. The van der Waals surface area contributed by atoms with Gasteiger partial charge in [-0.1, -0.05) is 47.1 Å². The first-order chi connectivity index (χ1) is 12.7. The lowest BCUT2D eigenvalue weighted by atomic mass is 10.2. The predicted molar refractivity (Wildman–Crippen MR) is 110 cm³/mol. The SMILES string of the molecule is Cc1ccc(-n2c(SCc3cccs3)nnc2-c2ccc(Cl)cc2)cc1. The van der Waals surface area contributed by atoms with Crippen LogP contribution in [0.5, 0.6) is 0 Å². The Labute approximate surface area is 165 Å². The summed E-state index contributed by atoms with van der Waals surface area (Å²) in [6.45, 7) is 2.09. The topological polar surface area (TPSA) is 30.7 Å². The second-order valence-electron chi connectivity index (χ2n) is 5.85. The van der Waals surface area contributed by atoms with Crippen molar-refractivity contribution in [2.75, 3.05) is 0 Å². The van der Waals surface area contributed by atoms with Gasteiger partial charge in [-0.25, -0.2) is 0 Å². The van der Waals surface area contributed by atoms with E-state index in [0.717, 1.165) is 28.0 Å². The molecule has 26 heavy (non-hydrogen) atoms. The monoisotopic (exact) mass is 397 g/mol. The summed E-state index contributed by atoms with van der Waals surface area (Å²) in [6, 6.07) is 20.3. The molecule has 0 aliphatic carbocycles. The van der Waals surface area contributed by atoms with Crippen molar-refractivity contribution in [2.45, 2.75) is 17.8 Å². The van der Waals surface area contributed by atoms with E-state index in [4.69, 9.17) is 11.6 Å². The Morgan fingerprint density at radius 1 is 1.00 bits per heavy atom. The number of aryl methyl sites for hydroxylation is 1. The molecule has 6 heteroatoms. The van der Waals surface area contributed by atoms with Crippen LogP contribution in [0.4, 0.5) is 0 Å². The summed E-state index contributed by atoms with van der Waals surface area (Å²) in [5.41, 5.74) is 3.27. The van der Waals surface area contributed by atoms with Crippen LogP contribution in [0.25, 0.3) is 17.1 Å². The van der Waals surface area contributed by atoms with Gasteiger partial charge < -0.3 is 0 Å². The predicted octanol–water partition coefficient (Wildman–Crippen LogP) is 6.25. The average molecular weight is 398 g/mol. The maximum Gasteiger partial charge on any atom is 0.196 e. The van der Waals surface area contributed by atoms with E-state index < -0.39 is 0 Å². The van der Waals surface area contributed by atoms with E-state index in [2.05, 4.69) is 63.5 Å². The van der Waals surface area contributed by atoms with Crippen molar-refractivity contribution in [1.29, 1.82) is 0 Å². The molecule has 0 unspecified atom stereocenters. The number of hydrogen-bond acceptors (Lipinski definition) is 4. The molecule has 2 aromatic heterocycles. The average Bonchev–Trinajstić information content (AvgIpc) is 3.31. The fourth-order valence-corrected chi connectivity index (χ4v) is 4.46. The Bertz CT molecular complexity index is 991. The highest BCUT2D eigenvalue weighted by molar-refractivity contribution is 7.98. The Balaban J connectivity index is 1.76. The van der Waals surface area contributed by atoms with Gasteiger partial charge in [0.15, 0.2) is 11.0 Å². The van der Waals surface area contributed by atoms with Gasteiger partial charge in [0.25, 0.3) is 0 Å². The van der Waals surface area contributed by atoms with Gasteiger partial charge >= 0.3 is 0 Å². The first-order valence-corrected chi connectivity index (χ1v) is 10.4. The van der Waals surface area contributed by atoms with E-state index in [0.29, 0.717) is 5.02 Å². The molecule has 0 bridgehead atoms. The van der Waals surface area contributed by atoms with Crippen molar-refractivity contribution in [1.82, 2.24) is 14.8 Å². The van der Waals surface area contributed by atoms with Crippen LogP contribution in [0.15, 0.2) is 71.2 Å². The molecule has 0 aliphatic heterocycles. The summed E-state index contributed by atoms with van der Waals surface area (Å²) in [5.74, 6) is 1.70. The maximum absolute atomic E-state index is 6.04. The Hall–Kier alpha value is -2.08. The molecule has 0 atom stereocenters. The van der Waals surface area contributed by atoms with E-state index in [1.54, 1.807) is 23.1 Å². The summed E-state index contributed by atoms with van der Waals surface area (Å²) < 4.78 is 2.11. The highest BCUT2D eigenvalue weighted by atomic mass is 35.5. The molecule has 0 saturated carbocycles. The Morgan fingerprint density at radius 3 is 2.46 bits per heavy atom. The van der Waals surface area contributed by atoms with Crippen molar-refractivity contribution in [3.8, 4) is 17.1 Å². The van der Waals surface area contributed by atoms with Crippen molar-refractivity contribution in [3.05, 3.63) is 81.5 Å². The maximum atomic E-state index is 6.04. The molecule has 0 spiro atoms. The molecule has 2 aromatic carbocycles. The number of thiophene rings is 1. The lowest BCUT2D eigenvalue weighted by Gasteiger charge is -2.10. The summed E-state index contributed by atoms with van der Waals surface area (Å²) in [7, 11) is 0. The highest BCUT2D eigenvalue weighted by Crippen LogP contribution is 2.31. The second-order valence-corrected chi connectivity index (χ2v) is 8.26. The third-order valence-corrected chi connectivity index (χ3v) is 6.24. The van der Waals surface area contributed by atoms with Crippen LogP contribution in [0.3, 0.4) is 0 Å². The number of nitrogens with zero attached hydrogens (tertiary/aromatic N) is 3. The van der Waals surface area contributed by atoms with Gasteiger partial charge in [0, 0.05) is 26.9 Å². The summed E-state index contributed by atoms with van der Waals surface area (Å²) in [6.07, 6.45) is 0. The lowest BCUT2D eigenvalue weighted by Crippen LogP contribution is -1.99. The summed E-state index contributed by atoms with van der Waals surface area (Å²) in [5, 5.41) is 12.6. The van der Waals surface area contributed by atoms with Gasteiger partial charge in [-0.15, -0.1) is 21.5 Å². The van der Waals surface area contributed by atoms with Crippen LogP contribution in [0.1, 0.15) is 10.4 Å². The molecule has 0 N–H and O–H groups in total. The van der Waals surface area contributed by atoms with Crippen LogP contribution in [-0.4, -0.2) is 14.8 Å². The minimum absolute atomic E-state index is 0.711. The number of benzene rings is 2. The second kappa shape index (κ2) is 7.66. The van der Waals surface area contributed by atoms with E-state index in [1.165, 1.54) is 10.4 Å². The third kappa shape index (κ3) is 3.70. The number of halogens is 1.